The maximum absolute atomic E-state index is 13.6. The first-order valence-electron chi connectivity index (χ1n) is 11.1. The zero-order chi connectivity index (χ0) is 22.5. The predicted molar refractivity (Wildman–Crippen MR) is 127 cm³/mol. The fourth-order valence-corrected chi connectivity index (χ4v) is 4.56. The largest absolute Gasteiger partial charge is 0.507 e. The Balaban J connectivity index is 1.70. The van der Waals surface area contributed by atoms with Crippen LogP contribution >= 0.6 is 0 Å². The molecule has 0 amide bonds. The Hall–Kier alpha value is -3.09. The van der Waals surface area contributed by atoms with Gasteiger partial charge in [0.05, 0.1) is 18.2 Å². The maximum Gasteiger partial charge on any atom is 0.259 e. The summed E-state index contributed by atoms with van der Waals surface area (Å²) in [5, 5.41) is 10.9. The molecule has 2 heterocycles. The molecular weight excluding hydrogens is 402 g/mol. The van der Waals surface area contributed by atoms with Crippen molar-refractivity contribution in [2.75, 3.05) is 44.8 Å². The van der Waals surface area contributed by atoms with Crippen LogP contribution in [0, 0.1) is 6.92 Å². The van der Waals surface area contributed by atoms with Gasteiger partial charge in [0.15, 0.2) is 0 Å². The lowest BCUT2D eigenvalue weighted by Gasteiger charge is -2.40. The zero-order valence-corrected chi connectivity index (χ0v) is 18.8. The van der Waals surface area contributed by atoms with Crippen LogP contribution in [-0.2, 0) is 11.3 Å². The normalized spacial score (nSPS) is 15.6. The van der Waals surface area contributed by atoms with Gasteiger partial charge >= 0.3 is 0 Å². The topological polar surface area (TPSA) is 57.9 Å². The number of hydrogen-bond acceptors (Lipinski definition) is 5. The lowest BCUT2D eigenvalue weighted by molar-refractivity contribution is 0.183. The van der Waals surface area contributed by atoms with Crippen molar-refractivity contribution in [2.24, 2.45) is 0 Å². The van der Waals surface area contributed by atoms with Gasteiger partial charge in [-0.3, -0.25) is 9.69 Å². The average molecular weight is 434 g/mol. The van der Waals surface area contributed by atoms with Crippen molar-refractivity contribution in [1.82, 2.24) is 9.47 Å². The van der Waals surface area contributed by atoms with Gasteiger partial charge in [-0.05, 0) is 30.7 Å². The number of aromatic hydroxyl groups is 1. The molecule has 0 aliphatic carbocycles. The second-order valence-electron chi connectivity index (χ2n) is 8.21. The van der Waals surface area contributed by atoms with Crippen LogP contribution in [0.25, 0.3) is 0 Å². The molecule has 32 heavy (non-hydrogen) atoms. The van der Waals surface area contributed by atoms with E-state index in [-0.39, 0.29) is 17.4 Å². The first kappa shape index (κ1) is 22.1. The number of nitrogens with zero attached hydrogens (tertiary/aromatic N) is 3. The van der Waals surface area contributed by atoms with E-state index >= 15 is 0 Å². The Morgan fingerprint density at radius 2 is 1.59 bits per heavy atom. The molecule has 1 atom stereocenters. The van der Waals surface area contributed by atoms with Crippen molar-refractivity contribution < 1.29 is 9.84 Å². The number of pyridine rings is 1. The van der Waals surface area contributed by atoms with Crippen molar-refractivity contribution in [1.29, 1.82) is 0 Å². The summed E-state index contributed by atoms with van der Waals surface area (Å²) < 4.78 is 6.91. The summed E-state index contributed by atoms with van der Waals surface area (Å²) >= 11 is 0. The third kappa shape index (κ3) is 4.56. The third-order valence-corrected chi connectivity index (χ3v) is 6.23. The highest BCUT2D eigenvalue weighted by Gasteiger charge is 2.31. The van der Waals surface area contributed by atoms with Crippen molar-refractivity contribution >= 4 is 5.69 Å². The standard InChI is InChI=1S/C26H31N3O3/c1-20-19-23(30)24(26(31)29(20)17-18-32-2)25(21-9-5-3-6-10-21)28-15-13-27(14-16-28)22-11-7-4-8-12-22/h3-12,19,25,30H,13-18H2,1-2H3/t25-/m1/s1. The third-order valence-electron chi connectivity index (χ3n) is 6.23. The van der Waals surface area contributed by atoms with Crippen LogP contribution in [0.4, 0.5) is 5.69 Å². The van der Waals surface area contributed by atoms with E-state index < -0.39 is 0 Å². The van der Waals surface area contributed by atoms with Crippen LogP contribution in [0.1, 0.15) is 22.9 Å². The minimum atomic E-state index is -0.309. The van der Waals surface area contributed by atoms with E-state index in [1.165, 1.54) is 5.69 Å². The molecule has 0 unspecified atom stereocenters. The summed E-state index contributed by atoms with van der Waals surface area (Å²) in [4.78, 5) is 18.2. The molecule has 4 rings (SSSR count). The number of hydrogen-bond donors (Lipinski definition) is 1. The van der Waals surface area contributed by atoms with Gasteiger partial charge < -0.3 is 19.3 Å². The first-order chi connectivity index (χ1) is 15.6. The van der Waals surface area contributed by atoms with Crippen molar-refractivity contribution in [3.05, 3.63) is 93.9 Å². The van der Waals surface area contributed by atoms with Gasteiger partial charge in [-0.15, -0.1) is 0 Å². The highest BCUT2D eigenvalue weighted by Crippen LogP contribution is 2.33. The van der Waals surface area contributed by atoms with Crippen LogP contribution in [0.3, 0.4) is 0 Å². The zero-order valence-electron chi connectivity index (χ0n) is 18.8. The summed E-state index contributed by atoms with van der Waals surface area (Å²) in [5.74, 6) is 0.0560. The molecule has 0 saturated carbocycles. The number of aromatic nitrogens is 1. The van der Waals surface area contributed by atoms with Gasteiger partial charge in [-0.2, -0.15) is 0 Å². The molecule has 1 aliphatic rings. The van der Waals surface area contributed by atoms with Gasteiger partial charge in [0.25, 0.3) is 5.56 Å². The van der Waals surface area contributed by atoms with Crippen molar-refractivity contribution in [2.45, 2.75) is 19.5 Å². The molecule has 6 nitrogen and oxygen atoms in total. The van der Waals surface area contributed by atoms with Gasteiger partial charge in [0.2, 0.25) is 0 Å². The van der Waals surface area contributed by atoms with Gasteiger partial charge in [0, 0.05) is 51.2 Å². The number of ether oxygens (including phenoxy) is 1. The van der Waals surface area contributed by atoms with E-state index in [4.69, 9.17) is 4.74 Å². The van der Waals surface area contributed by atoms with E-state index in [1.807, 2.05) is 43.3 Å². The summed E-state index contributed by atoms with van der Waals surface area (Å²) in [6, 6.07) is 21.8. The molecule has 3 aromatic rings. The number of piperazine rings is 1. The Labute approximate surface area is 189 Å². The van der Waals surface area contributed by atoms with E-state index in [9.17, 15) is 9.90 Å². The second-order valence-corrected chi connectivity index (χ2v) is 8.21. The molecular formula is C26H31N3O3. The lowest BCUT2D eigenvalue weighted by atomic mass is 9.96. The van der Waals surface area contributed by atoms with Gasteiger partial charge in [-0.25, -0.2) is 0 Å². The molecule has 1 saturated heterocycles. The molecule has 0 spiro atoms. The predicted octanol–water partition coefficient (Wildman–Crippen LogP) is 3.42. The number of benzene rings is 2. The SMILES string of the molecule is COCCn1c(C)cc(O)c([C@@H](c2ccccc2)N2CCN(c3ccccc3)CC2)c1=O. The Bertz CT molecular complexity index is 1070. The Morgan fingerprint density at radius 1 is 0.969 bits per heavy atom. The summed E-state index contributed by atoms with van der Waals surface area (Å²) in [7, 11) is 1.63. The van der Waals surface area contributed by atoms with Gasteiger partial charge in [-0.1, -0.05) is 48.5 Å². The molecule has 168 valence electrons. The van der Waals surface area contributed by atoms with Crippen LogP contribution in [0.2, 0.25) is 0 Å². The molecule has 0 radical (unpaired) electrons. The molecule has 6 heteroatoms. The van der Waals surface area contributed by atoms with Crippen LogP contribution in [0.15, 0.2) is 71.5 Å². The molecule has 1 aromatic heterocycles. The van der Waals surface area contributed by atoms with Crippen molar-refractivity contribution in [3.63, 3.8) is 0 Å². The average Bonchev–Trinajstić information content (AvgIpc) is 2.83. The number of rotatable bonds is 7. The number of aryl methyl sites for hydroxylation is 1. The number of methoxy groups -OCH3 is 1. The van der Waals surface area contributed by atoms with E-state index in [2.05, 4.69) is 34.1 Å². The fourth-order valence-electron chi connectivity index (χ4n) is 4.56. The Kier molecular flexibility index (Phi) is 6.93. The maximum atomic E-state index is 13.6. The minimum absolute atomic E-state index is 0.0560. The van der Waals surface area contributed by atoms with Crippen LogP contribution < -0.4 is 10.5 Å². The fraction of sp³-hybridized carbons (Fsp3) is 0.346. The van der Waals surface area contributed by atoms with E-state index in [0.717, 1.165) is 37.4 Å². The highest BCUT2D eigenvalue weighted by molar-refractivity contribution is 5.47. The summed E-state index contributed by atoms with van der Waals surface area (Å²) in [5.41, 5.74) is 3.23. The molecule has 2 aromatic carbocycles. The monoisotopic (exact) mass is 433 g/mol. The molecule has 1 aliphatic heterocycles. The minimum Gasteiger partial charge on any atom is -0.507 e. The van der Waals surface area contributed by atoms with Gasteiger partial charge in [0.1, 0.15) is 5.75 Å². The number of para-hydroxylation sites is 1. The van der Waals surface area contributed by atoms with Crippen molar-refractivity contribution in [3.8, 4) is 5.75 Å². The quantitative estimate of drug-likeness (QED) is 0.619. The molecule has 1 N–H and O–H groups in total. The lowest BCUT2D eigenvalue weighted by Crippen LogP contribution is -2.49. The van der Waals surface area contributed by atoms with Crippen LogP contribution in [0.5, 0.6) is 5.75 Å². The molecule has 1 fully saturated rings. The van der Waals surface area contributed by atoms with E-state index in [0.29, 0.717) is 18.7 Å². The van der Waals surface area contributed by atoms with E-state index in [1.54, 1.807) is 17.7 Å². The second kappa shape index (κ2) is 10.0. The highest BCUT2D eigenvalue weighted by atomic mass is 16.5. The smallest absolute Gasteiger partial charge is 0.259 e. The summed E-state index contributed by atoms with van der Waals surface area (Å²) in [6.07, 6.45) is 0. The first-order valence-corrected chi connectivity index (χ1v) is 11.1. The van der Waals surface area contributed by atoms with Crippen LogP contribution in [-0.4, -0.2) is 54.5 Å². The summed E-state index contributed by atoms with van der Waals surface area (Å²) in [6.45, 7) is 6.04. The molecule has 0 bridgehead atoms. The Morgan fingerprint density at radius 3 is 2.22 bits per heavy atom. The number of anilines is 1.